The largest absolute Gasteiger partial charge is 0.337 e. The first-order valence-corrected chi connectivity index (χ1v) is 9.22. The highest BCUT2D eigenvalue weighted by Gasteiger charge is 2.30. The number of hydrogen-bond acceptors (Lipinski definition) is 3. The van der Waals surface area contributed by atoms with Gasteiger partial charge in [-0.05, 0) is 32.4 Å². The summed E-state index contributed by atoms with van der Waals surface area (Å²) in [6.07, 6.45) is 0.800. The highest BCUT2D eigenvalue weighted by atomic mass is 16.7. The lowest BCUT2D eigenvalue weighted by Gasteiger charge is -2.18. The molecule has 0 N–H and O–H groups in total. The van der Waals surface area contributed by atoms with Crippen LogP contribution in [0.1, 0.15) is 36.8 Å². The molecular weight excluding hydrogens is 344 g/mol. The number of rotatable bonds is 2. The van der Waals surface area contributed by atoms with Crippen LogP contribution in [0, 0.1) is 0 Å². The number of nitrogens with zero attached hydrogens (tertiary/aromatic N) is 4. The van der Waals surface area contributed by atoms with E-state index in [9.17, 15) is 9.59 Å². The van der Waals surface area contributed by atoms with Gasteiger partial charge >= 0.3 is 6.03 Å². The van der Waals surface area contributed by atoms with Crippen molar-refractivity contribution in [1.29, 1.82) is 0 Å². The van der Waals surface area contributed by atoms with E-state index in [4.69, 9.17) is 4.84 Å². The van der Waals surface area contributed by atoms with Gasteiger partial charge in [0.1, 0.15) is 5.69 Å². The number of hydrogen-bond donors (Lipinski definition) is 0. The summed E-state index contributed by atoms with van der Waals surface area (Å²) in [6.45, 7) is 5.26. The number of benzene rings is 1. The van der Waals surface area contributed by atoms with E-state index in [0.29, 0.717) is 18.8 Å². The van der Waals surface area contributed by atoms with Gasteiger partial charge in [0, 0.05) is 25.5 Å². The van der Waals surface area contributed by atoms with E-state index in [2.05, 4.69) is 18.4 Å². The topological polar surface area (TPSA) is 59.7 Å². The van der Waals surface area contributed by atoms with Gasteiger partial charge in [-0.15, -0.1) is 0 Å². The van der Waals surface area contributed by atoms with Gasteiger partial charge in [0.25, 0.3) is 5.91 Å². The number of fused-ring (bicyclic) bond motifs is 3. The van der Waals surface area contributed by atoms with Crippen molar-refractivity contribution >= 4 is 33.9 Å². The Kier molecular flexibility index (Phi) is 4.19. The standard InChI is InChI=1S/C20H24N4O3/c1-13(2)23-15-9-6-5-8-14(15)18-16(23)12-17(24(18)20(26)21(3)4)19(25)22-10-7-11-27-22/h5-6,8-9,12-13H,7,10-11H2,1-4H3. The normalized spacial score (nSPS) is 14.6. The Hall–Kier alpha value is -2.80. The molecule has 0 radical (unpaired) electrons. The Labute approximate surface area is 157 Å². The molecule has 0 spiro atoms. The highest BCUT2D eigenvalue weighted by Crippen LogP contribution is 2.35. The van der Waals surface area contributed by atoms with Gasteiger partial charge in [0.2, 0.25) is 0 Å². The van der Waals surface area contributed by atoms with Gasteiger partial charge < -0.3 is 9.47 Å². The molecule has 2 amide bonds. The van der Waals surface area contributed by atoms with Crippen LogP contribution in [0.25, 0.3) is 21.9 Å². The van der Waals surface area contributed by atoms with Crippen LogP contribution in [0.5, 0.6) is 0 Å². The number of carbonyl (C=O) groups excluding carboxylic acids is 2. The van der Waals surface area contributed by atoms with E-state index in [1.807, 2.05) is 30.3 Å². The predicted molar refractivity (Wildman–Crippen MR) is 104 cm³/mol. The molecule has 0 unspecified atom stereocenters. The maximum atomic E-state index is 13.1. The molecule has 0 bridgehead atoms. The molecule has 1 aromatic carbocycles. The Balaban J connectivity index is 2.06. The van der Waals surface area contributed by atoms with Gasteiger partial charge in [0.05, 0.1) is 29.7 Å². The molecular formula is C20H24N4O3. The maximum Gasteiger partial charge on any atom is 0.328 e. The molecule has 0 saturated carbocycles. The van der Waals surface area contributed by atoms with Crippen molar-refractivity contribution in [2.45, 2.75) is 26.3 Å². The molecule has 1 aliphatic rings. The van der Waals surface area contributed by atoms with E-state index < -0.39 is 0 Å². The third-order valence-corrected chi connectivity index (χ3v) is 4.95. The van der Waals surface area contributed by atoms with Crippen LogP contribution in [0.3, 0.4) is 0 Å². The Bertz CT molecular complexity index is 1040. The summed E-state index contributed by atoms with van der Waals surface area (Å²) in [5.74, 6) is -0.279. The van der Waals surface area contributed by atoms with Crippen molar-refractivity contribution in [2.75, 3.05) is 27.2 Å². The summed E-state index contributed by atoms with van der Waals surface area (Å²) in [4.78, 5) is 33.1. The van der Waals surface area contributed by atoms with Crippen molar-refractivity contribution < 1.29 is 14.4 Å². The summed E-state index contributed by atoms with van der Waals surface area (Å²) >= 11 is 0. The second-order valence-electron chi connectivity index (χ2n) is 7.35. The van der Waals surface area contributed by atoms with E-state index >= 15 is 0 Å². The molecule has 1 aliphatic heterocycles. The summed E-state index contributed by atoms with van der Waals surface area (Å²) in [5.41, 5.74) is 3.03. The van der Waals surface area contributed by atoms with E-state index in [1.165, 1.54) is 14.5 Å². The molecule has 7 nitrogen and oxygen atoms in total. The molecule has 1 fully saturated rings. The summed E-state index contributed by atoms with van der Waals surface area (Å²) in [5, 5.41) is 2.31. The molecule has 1 saturated heterocycles. The van der Waals surface area contributed by atoms with Crippen LogP contribution < -0.4 is 0 Å². The number of amides is 2. The second-order valence-corrected chi connectivity index (χ2v) is 7.35. The number of para-hydroxylation sites is 1. The molecule has 142 valence electrons. The number of aromatic nitrogens is 2. The summed E-state index contributed by atoms with van der Waals surface area (Å²) < 4.78 is 3.70. The minimum absolute atomic E-state index is 0.184. The zero-order valence-corrected chi connectivity index (χ0v) is 16.1. The average Bonchev–Trinajstić information content (AvgIpc) is 3.34. The molecule has 0 atom stereocenters. The molecule has 27 heavy (non-hydrogen) atoms. The fourth-order valence-corrected chi connectivity index (χ4v) is 3.80. The van der Waals surface area contributed by atoms with Crippen LogP contribution in [0.4, 0.5) is 4.79 Å². The first-order chi connectivity index (χ1) is 12.9. The lowest BCUT2D eigenvalue weighted by molar-refractivity contribution is -0.0773. The second kappa shape index (κ2) is 6.42. The summed E-state index contributed by atoms with van der Waals surface area (Å²) in [7, 11) is 3.38. The predicted octanol–water partition coefficient (Wildman–Crippen LogP) is 3.48. The van der Waals surface area contributed by atoms with Gasteiger partial charge in [0.15, 0.2) is 0 Å². The van der Waals surface area contributed by atoms with Crippen LogP contribution in [-0.4, -0.2) is 58.3 Å². The molecule has 3 aromatic rings. The number of carbonyl (C=O) groups is 2. The Morgan fingerprint density at radius 2 is 1.89 bits per heavy atom. The van der Waals surface area contributed by atoms with Gasteiger partial charge in [-0.2, -0.15) is 0 Å². The van der Waals surface area contributed by atoms with Crippen LogP contribution >= 0.6 is 0 Å². The fourth-order valence-electron chi connectivity index (χ4n) is 3.80. The van der Waals surface area contributed by atoms with E-state index in [-0.39, 0.29) is 18.0 Å². The molecule has 7 heteroatoms. The minimum atomic E-state index is -0.279. The van der Waals surface area contributed by atoms with Gasteiger partial charge in [-0.1, -0.05) is 18.2 Å². The lowest BCUT2D eigenvalue weighted by Crippen LogP contribution is -2.34. The minimum Gasteiger partial charge on any atom is -0.337 e. The van der Waals surface area contributed by atoms with Crippen molar-refractivity contribution in [2.24, 2.45) is 0 Å². The molecule has 4 rings (SSSR count). The van der Waals surface area contributed by atoms with Gasteiger partial charge in [-0.25, -0.2) is 9.86 Å². The monoisotopic (exact) mass is 368 g/mol. The SMILES string of the molecule is CC(C)n1c2ccccc2c2c1cc(C(=O)N1CCCO1)n2C(=O)N(C)C. The lowest BCUT2D eigenvalue weighted by atomic mass is 10.2. The molecule has 3 heterocycles. The van der Waals surface area contributed by atoms with Crippen molar-refractivity contribution in [3.8, 4) is 0 Å². The highest BCUT2D eigenvalue weighted by molar-refractivity contribution is 6.14. The fraction of sp³-hybridized carbons (Fsp3) is 0.400. The third kappa shape index (κ3) is 2.61. The van der Waals surface area contributed by atoms with Gasteiger partial charge in [-0.3, -0.25) is 14.2 Å². The Morgan fingerprint density at radius 1 is 1.15 bits per heavy atom. The molecule has 0 aliphatic carbocycles. The Morgan fingerprint density at radius 3 is 2.52 bits per heavy atom. The van der Waals surface area contributed by atoms with E-state index in [1.54, 1.807) is 14.1 Å². The van der Waals surface area contributed by atoms with Crippen LogP contribution in [-0.2, 0) is 4.84 Å². The molecule has 2 aromatic heterocycles. The van der Waals surface area contributed by atoms with Crippen molar-refractivity contribution in [3.63, 3.8) is 0 Å². The van der Waals surface area contributed by atoms with Crippen molar-refractivity contribution in [1.82, 2.24) is 19.1 Å². The van der Waals surface area contributed by atoms with Crippen molar-refractivity contribution in [3.05, 3.63) is 36.0 Å². The van der Waals surface area contributed by atoms with E-state index in [0.717, 1.165) is 28.4 Å². The smallest absolute Gasteiger partial charge is 0.328 e. The zero-order valence-electron chi connectivity index (χ0n) is 16.1. The first-order valence-electron chi connectivity index (χ1n) is 9.22. The zero-order chi connectivity index (χ0) is 19.3. The van der Waals surface area contributed by atoms with Crippen LogP contribution in [0.15, 0.2) is 30.3 Å². The van der Waals surface area contributed by atoms with Crippen LogP contribution in [0.2, 0.25) is 0 Å². The quantitative estimate of drug-likeness (QED) is 0.696. The first kappa shape index (κ1) is 17.6. The average molecular weight is 368 g/mol. The third-order valence-electron chi connectivity index (χ3n) is 4.95. The number of hydroxylamine groups is 2. The maximum absolute atomic E-state index is 13.1. The summed E-state index contributed by atoms with van der Waals surface area (Å²) in [6, 6.07) is 9.74.